The van der Waals surface area contributed by atoms with E-state index in [2.05, 4.69) is 5.32 Å². The predicted octanol–water partition coefficient (Wildman–Crippen LogP) is 6.52. The second-order valence-electron chi connectivity index (χ2n) is 7.92. The van der Waals surface area contributed by atoms with E-state index < -0.39 is 0 Å². The molecule has 0 saturated heterocycles. The van der Waals surface area contributed by atoms with Gasteiger partial charge in [0.05, 0.1) is 32.3 Å². The standard InChI is InChI=1S/C28H29NO5/c1-5-31-21-11-9-20(10-12-21)25-17-34-28-19(4)27(32-6-2)23(15-24(25)28)18(3)14-26(30)29-16-22-8-7-13-33-22/h7-15,17H,5-6,16H2,1-4H3,(H,29,30)/b18-14+. The molecule has 0 unspecified atom stereocenters. The fourth-order valence-corrected chi connectivity index (χ4v) is 3.97. The SMILES string of the molecule is CCOc1ccc(-c2coc3c(C)c(OCC)c(/C(C)=C/C(=O)NCc4ccco4)cc23)cc1. The van der Waals surface area contributed by atoms with Crippen LogP contribution in [0, 0.1) is 6.92 Å². The predicted molar refractivity (Wildman–Crippen MR) is 133 cm³/mol. The third-order valence-corrected chi connectivity index (χ3v) is 5.60. The Labute approximate surface area is 199 Å². The highest BCUT2D eigenvalue weighted by Crippen LogP contribution is 2.41. The zero-order chi connectivity index (χ0) is 24.1. The summed E-state index contributed by atoms with van der Waals surface area (Å²) in [7, 11) is 0. The van der Waals surface area contributed by atoms with E-state index in [4.69, 9.17) is 18.3 Å². The number of furan rings is 2. The van der Waals surface area contributed by atoms with Gasteiger partial charge in [0.25, 0.3) is 0 Å². The smallest absolute Gasteiger partial charge is 0.244 e. The number of fused-ring (bicyclic) bond motifs is 1. The number of ether oxygens (including phenoxy) is 2. The van der Waals surface area contributed by atoms with Crippen LogP contribution >= 0.6 is 0 Å². The Morgan fingerprint density at radius 3 is 2.50 bits per heavy atom. The third-order valence-electron chi connectivity index (χ3n) is 5.60. The highest BCUT2D eigenvalue weighted by molar-refractivity contribution is 6.01. The second kappa shape index (κ2) is 10.3. The van der Waals surface area contributed by atoms with Crippen molar-refractivity contribution in [3.05, 3.63) is 78.0 Å². The molecule has 0 aliphatic carbocycles. The number of carbonyl (C=O) groups excluding carboxylic acids is 1. The van der Waals surface area contributed by atoms with E-state index in [9.17, 15) is 4.79 Å². The highest BCUT2D eigenvalue weighted by Gasteiger charge is 2.19. The Morgan fingerprint density at radius 2 is 1.82 bits per heavy atom. The van der Waals surface area contributed by atoms with Gasteiger partial charge in [-0.3, -0.25) is 4.79 Å². The molecule has 0 aliphatic heterocycles. The van der Waals surface area contributed by atoms with Crippen LogP contribution in [-0.4, -0.2) is 19.1 Å². The van der Waals surface area contributed by atoms with E-state index in [1.807, 2.05) is 64.1 Å². The molecule has 6 nitrogen and oxygen atoms in total. The van der Waals surface area contributed by atoms with Crippen molar-refractivity contribution >= 4 is 22.4 Å². The van der Waals surface area contributed by atoms with Gasteiger partial charge in [-0.05, 0) is 69.2 Å². The van der Waals surface area contributed by atoms with Crippen molar-refractivity contribution in [2.45, 2.75) is 34.2 Å². The van der Waals surface area contributed by atoms with Gasteiger partial charge in [0, 0.05) is 28.2 Å². The van der Waals surface area contributed by atoms with E-state index in [1.54, 1.807) is 24.7 Å². The number of benzene rings is 2. The Balaban J connectivity index is 1.71. The Bertz CT molecular complexity index is 1300. The van der Waals surface area contributed by atoms with Gasteiger partial charge in [0.15, 0.2) is 0 Å². The number of amides is 1. The summed E-state index contributed by atoms with van der Waals surface area (Å²) in [5.41, 5.74) is 5.31. The van der Waals surface area contributed by atoms with Crippen molar-refractivity contribution in [1.29, 1.82) is 0 Å². The number of carbonyl (C=O) groups is 1. The lowest BCUT2D eigenvalue weighted by Gasteiger charge is -2.15. The summed E-state index contributed by atoms with van der Waals surface area (Å²) in [5.74, 6) is 2.04. The molecule has 2 aromatic heterocycles. The van der Waals surface area contributed by atoms with Crippen LogP contribution in [-0.2, 0) is 11.3 Å². The Morgan fingerprint density at radius 1 is 1.06 bits per heavy atom. The monoisotopic (exact) mass is 459 g/mol. The maximum absolute atomic E-state index is 12.6. The quantitative estimate of drug-likeness (QED) is 0.289. The van der Waals surface area contributed by atoms with E-state index in [-0.39, 0.29) is 5.91 Å². The molecule has 4 aromatic rings. The molecule has 0 bridgehead atoms. The molecular formula is C28H29NO5. The minimum Gasteiger partial charge on any atom is -0.494 e. The molecule has 4 rings (SSSR count). The minimum absolute atomic E-state index is 0.201. The van der Waals surface area contributed by atoms with Gasteiger partial charge in [-0.2, -0.15) is 0 Å². The van der Waals surface area contributed by atoms with Gasteiger partial charge in [-0.15, -0.1) is 0 Å². The first kappa shape index (κ1) is 23.2. The van der Waals surface area contributed by atoms with Crippen LogP contribution in [0.25, 0.3) is 27.7 Å². The molecule has 0 aliphatic rings. The van der Waals surface area contributed by atoms with Gasteiger partial charge in [0.1, 0.15) is 22.8 Å². The summed E-state index contributed by atoms with van der Waals surface area (Å²) < 4.78 is 22.8. The molecule has 0 spiro atoms. The normalized spacial score (nSPS) is 11.6. The summed E-state index contributed by atoms with van der Waals surface area (Å²) in [6.45, 7) is 9.25. The summed E-state index contributed by atoms with van der Waals surface area (Å²) in [5, 5.41) is 3.82. The fraction of sp³-hybridized carbons (Fsp3) is 0.250. The number of hydrogen-bond donors (Lipinski definition) is 1. The molecule has 2 heterocycles. The average molecular weight is 460 g/mol. The molecule has 1 N–H and O–H groups in total. The van der Waals surface area contributed by atoms with Crippen LogP contribution in [0.3, 0.4) is 0 Å². The van der Waals surface area contributed by atoms with Crippen LogP contribution in [0.5, 0.6) is 11.5 Å². The van der Waals surface area contributed by atoms with E-state index in [1.165, 1.54) is 0 Å². The van der Waals surface area contributed by atoms with Crippen molar-refractivity contribution in [2.24, 2.45) is 0 Å². The maximum Gasteiger partial charge on any atom is 0.244 e. The highest BCUT2D eigenvalue weighted by atomic mass is 16.5. The molecule has 0 atom stereocenters. The maximum atomic E-state index is 12.6. The molecule has 34 heavy (non-hydrogen) atoms. The minimum atomic E-state index is -0.201. The average Bonchev–Trinajstić information content (AvgIpc) is 3.50. The lowest BCUT2D eigenvalue weighted by Crippen LogP contribution is -2.20. The van der Waals surface area contributed by atoms with Crippen LogP contribution in [0.4, 0.5) is 0 Å². The first-order valence-corrected chi connectivity index (χ1v) is 11.4. The zero-order valence-corrected chi connectivity index (χ0v) is 19.9. The Hall–Kier alpha value is -3.93. The summed E-state index contributed by atoms with van der Waals surface area (Å²) >= 11 is 0. The lowest BCUT2D eigenvalue weighted by molar-refractivity contribution is -0.116. The molecule has 0 saturated carbocycles. The fourth-order valence-electron chi connectivity index (χ4n) is 3.97. The van der Waals surface area contributed by atoms with Gasteiger partial charge in [-0.1, -0.05) is 12.1 Å². The van der Waals surface area contributed by atoms with Crippen LogP contribution in [0.15, 0.2) is 69.9 Å². The van der Waals surface area contributed by atoms with Gasteiger partial charge in [-0.25, -0.2) is 0 Å². The zero-order valence-electron chi connectivity index (χ0n) is 19.9. The molecule has 176 valence electrons. The van der Waals surface area contributed by atoms with E-state index in [0.29, 0.717) is 25.5 Å². The number of hydrogen-bond acceptors (Lipinski definition) is 5. The molecule has 6 heteroatoms. The van der Waals surface area contributed by atoms with Gasteiger partial charge in [0.2, 0.25) is 5.91 Å². The largest absolute Gasteiger partial charge is 0.494 e. The van der Waals surface area contributed by atoms with Gasteiger partial charge < -0.3 is 23.6 Å². The van der Waals surface area contributed by atoms with Crippen LogP contribution in [0.2, 0.25) is 0 Å². The van der Waals surface area contributed by atoms with Crippen LogP contribution < -0.4 is 14.8 Å². The second-order valence-corrected chi connectivity index (χ2v) is 7.92. The van der Waals surface area contributed by atoms with Crippen molar-refractivity contribution in [2.75, 3.05) is 13.2 Å². The van der Waals surface area contributed by atoms with Crippen molar-refractivity contribution in [3.8, 4) is 22.6 Å². The van der Waals surface area contributed by atoms with Gasteiger partial charge >= 0.3 is 0 Å². The number of rotatable bonds is 9. The molecule has 1 amide bonds. The third kappa shape index (κ3) is 4.86. The van der Waals surface area contributed by atoms with E-state index >= 15 is 0 Å². The molecule has 0 radical (unpaired) electrons. The topological polar surface area (TPSA) is 73.8 Å². The molecule has 0 fully saturated rings. The van der Waals surface area contributed by atoms with Crippen molar-refractivity contribution < 1.29 is 23.1 Å². The number of aryl methyl sites for hydroxylation is 1. The molecular weight excluding hydrogens is 430 g/mol. The van der Waals surface area contributed by atoms with E-state index in [0.717, 1.165) is 50.3 Å². The lowest BCUT2D eigenvalue weighted by atomic mass is 9.96. The summed E-state index contributed by atoms with van der Waals surface area (Å²) in [6, 6.07) is 13.6. The Kier molecular flexibility index (Phi) is 7.07. The number of nitrogens with one attached hydrogen (secondary N) is 1. The number of allylic oxidation sites excluding steroid dienone is 1. The summed E-state index contributed by atoms with van der Waals surface area (Å²) in [4.78, 5) is 12.6. The molecule has 2 aromatic carbocycles. The van der Waals surface area contributed by atoms with Crippen LogP contribution in [0.1, 0.15) is 37.7 Å². The first-order valence-electron chi connectivity index (χ1n) is 11.4. The first-order chi connectivity index (χ1) is 16.5. The summed E-state index contributed by atoms with van der Waals surface area (Å²) in [6.07, 6.45) is 4.94. The van der Waals surface area contributed by atoms with Crippen molar-refractivity contribution in [1.82, 2.24) is 5.32 Å². The van der Waals surface area contributed by atoms with Crippen molar-refractivity contribution in [3.63, 3.8) is 0 Å².